The van der Waals surface area contributed by atoms with Crippen molar-refractivity contribution in [1.82, 2.24) is 5.32 Å². The van der Waals surface area contributed by atoms with Crippen LogP contribution >= 0.6 is 0 Å². The summed E-state index contributed by atoms with van der Waals surface area (Å²) in [4.78, 5) is 0. The minimum Gasteiger partial charge on any atom is -0.468 e. The summed E-state index contributed by atoms with van der Waals surface area (Å²) in [5.74, 6) is 0.985. The lowest BCUT2D eigenvalue weighted by atomic mass is 10.1. The van der Waals surface area contributed by atoms with Crippen molar-refractivity contribution >= 4 is 0 Å². The van der Waals surface area contributed by atoms with Gasteiger partial charge in [-0.2, -0.15) is 0 Å². The van der Waals surface area contributed by atoms with E-state index in [1.165, 1.54) is 11.1 Å². The Bertz CT molecular complexity index is 448. The lowest BCUT2D eigenvalue weighted by Crippen LogP contribution is -2.18. The Balaban J connectivity index is 1.98. The molecule has 0 aliphatic rings. The molecule has 0 spiro atoms. The van der Waals surface area contributed by atoms with Crippen LogP contribution < -0.4 is 5.32 Å². The molecule has 1 heterocycles. The van der Waals surface area contributed by atoms with Crippen LogP contribution in [0.2, 0.25) is 0 Å². The largest absolute Gasteiger partial charge is 0.468 e. The Morgan fingerprint density at radius 2 is 1.88 bits per heavy atom. The van der Waals surface area contributed by atoms with Crippen molar-refractivity contribution in [1.29, 1.82) is 0 Å². The zero-order valence-electron chi connectivity index (χ0n) is 10.4. The first-order valence-corrected chi connectivity index (χ1v) is 6.14. The van der Waals surface area contributed by atoms with E-state index in [9.17, 15) is 0 Å². The molecule has 0 unspecified atom stereocenters. The Kier molecular flexibility index (Phi) is 3.99. The van der Waals surface area contributed by atoms with Crippen LogP contribution in [-0.4, -0.2) is 0 Å². The lowest BCUT2D eigenvalue weighted by molar-refractivity contribution is 0.430. The topological polar surface area (TPSA) is 25.2 Å². The SMILES string of the molecule is CCc1ccccc1CN[C@@H](C)c1ccco1. The van der Waals surface area contributed by atoms with Crippen LogP contribution in [0.15, 0.2) is 47.1 Å². The number of hydrogen-bond acceptors (Lipinski definition) is 2. The van der Waals surface area contributed by atoms with Crippen LogP contribution in [0, 0.1) is 0 Å². The van der Waals surface area contributed by atoms with E-state index < -0.39 is 0 Å². The third kappa shape index (κ3) is 2.98. The molecule has 2 nitrogen and oxygen atoms in total. The van der Waals surface area contributed by atoms with Gasteiger partial charge in [-0.15, -0.1) is 0 Å². The molecule has 1 atom stereocenters. The minimum atomic E-state index is 0.245. The molecule has 1 N–H and O–H groups in total. The molecule has 0 radical (unpaired) electrons. The van der Waals surface area contributed by atoms with E-state index in [1.54, 1.807) is 6.26 Å². The molecular formula is C15H19NO. The van der Waals surface area contributed by atoms with Crippen LogP contribution in [0.4, 0.5) is 0 Å². The summed E-state index contributed by atoms with van der Waals surface area (Å²) < 4.78 is 5.38. The third-order valence-corrected chi connectivity index (χ3v) is 3.07. The van der Waals surface area contributed by atoms with Gasteiger partial charge in [-0.05, 0) is 36.6 Å². The first-order chi connectivity index (χ1) is 8.31. The molecule has 0 saturated carbocycles. The molecule has 0 saturated heterocycles. The van der Waals surface area contributed by atoms with Gasteiger partial charge in [0.05, 0.1) is 12.3 Å². The molecule has 90 valence electrons. The highest BCUT2D eigenvalue weighted by molar-refractivity contribution is 5.27. The van der Waals surface area contributed by atoms with E-state index >= 15 is 0 Å². The molecule has 17 heavy (non-hydrogen) atoms. The van der Waals surface area contributed by atoms with Gasteiger partial charge in [-0.3, -0.25) is 0 Å². The number of furan rings is 1. The quantitative estimate of drug-likeness (QED) is 0.845. The Morgan fingerprint density at radius 1 is 1.12 bits per heavy atom. The van der Waals surface area contributed by atoms with E-state index in [2.05, 4.69) is 43.4 Å². The smallest absolute Gasteiger partial charge is 0.120 e. The first-order valence-electron chi connectivity index (χ1n) is 6.14. The molecule has 1 aromatic heterocycles. The van der Waals surface area contributed by atoms with Gasteiger partial charge in [0, 0.05) is 6.54 Å². The highest BCUT2D eigenvalue weighted by Gasteiger charge is 2.08. The van der Waals surface area contributed by atoms with Gasteiger partial charge >= 0.3 is 0 Å². The predicted molar refractivity (Wildman–Crippen MR) is 69.8 cm³/mol. The predicted octanol–water partition coefficient (Wildman–Crippen LogP) is 3.69. The van der Waals surface area contributed by atoms with Gasteiger partial charge in [0.15, 0.2) is 0 Å². The zero-order chi connectivity index (χ0) is 12.1. The maximum Gasteiger partial charge on any atom is 0.120 e. The Hall–Kier alpha value is -1.54. The first kappa shape index (κ1) is 11.9. The maximum absolute atomic E-state index is 5.38. The van der Waals surface area contributed by atoms with Crippen molar-refractivity contribution in [3.05, 3.63) is 59.5 Å². The average Bonchev–Trinajstić information content (AvgIpc) is 2.90. The standard InChI is InChI=1S/C15H19NO/c1-3-13-7-4-5-8-14(13)11-16-12(2)15-9-6-10-17-15/h4-10,12,16H,3,11H2,1-2H3/t12-/m0/s1. The molecule has 0 fully saturated rings. The third-order valence-electron chi connectivity index (χ3n) is 3.07. The number of benzene rings is 1. The fourth-order valence-electron chi connectivity index (χ4n) is 1.98. The van der Waals surface area contributed by atoms with Gasteiger partial charge < -0.3 is 9.73 Å². The van der Waals surface area contributed by atoms with Crippen molar-refractivity contribution < 1.29 is 4.42 Å². The van der Waals surface area contributed by atoms with Crippen molar-refractivity contribution in [2.75, 3.05) is 0 Å². The van der Waals surface area contributed by atoms with Crippen LogP contribution in [0.25, 0.3) is 0 Å². The van der Waals surface area contributed by atoms with Gasteiger partial charge in [0.2, 0.25) is 0 Å². The van der Waals surface area contributed by atoms with Crippen molar-refractivity contribution in [3.8, 4) is 0 Å². The van der Waals surface area contributed by atoms with Gasteiger partial charge in [0.1, 0.15) is 5.76 Å². The molecule has 2 rings (SSSR count). The fourth-order valence-corrected chi connectivity index (χ4v) is 1.98. The summed E-state index contributed by atoms with van der Waals surface area (Å²) in [6, 6.07) is 12.7. The molecule has 2 aromatic rings. The molecule has 0 aliphatic carbocycles. The summed E-state index contributed by atoms with van der Waals surface area (Å²) in [5.41, 5.74) is 2.78. The number of hydrogen-bond donors (Lipinski definition) is 1. The second-order valence-corrected chi connectivity index (χ2v) is 4.24. The molecular weight excluding hydrogens is 210 g/mol. The molecule has 2 heteroatoms. The van der Waals surface area contributed by atoms with E-state index in [0.29, 0.717) is 0 Å². The second kappa shape index (κ2) is 5.69. The second-order valence-electron chi connectivity index (χ2n) is 4.24. The molecule has 1 aromatic carbocycles. The van der Waals surface area contributed by atoms with Crippen molar-refractivity contribution in [2.24, 2.45) is 0 Å². The minimum absolute atomic E-state index is 0.245. The monoisotopic (exact) mass is 229 g/mol. The number of rotatable bonds is 5. The zero-order valence-corrected chi connectivity index (χ0v) is 10.4. The van der Waals surface area contributed by atoms with Crippen LogP contribution in [0.3, 0.4) is 0 Å². The maximum atomic E-state index is 5.38. The van der Waals surface area contributed by atoms with Crippen LogP contribution in [0.5, 0.6) is 0 Å². The summed E-state index contributed by atoms with van der Waals surface area (Å²) in [6.07, 6.45) is 2.79. The summed E-state index contributed by atoms with van der Waals surface area (Å²) in [5, 5.41) is 3.48. The van der Waals surface area contributed by atoms with Gasteiger partial charge in [-0.25, -0.2) is 0 Å². The highest BCUT2D eigenvalue weighted by Crippen LogP contribution is 2.15. The fraction of sp³-hybridized carbons (Fsp3) is 0.333. The Morgan fingerprint density at radius 3 is 2.53 bits per heavy atom. The molecule has 0 amide bonds. The van der Waals surface area contributed by atoms with E-state index in [4.69, 9.17) is 4.42 Å². The summed E-state index contributed by atoms with van der Waals surface area (Å²) >= 11 is 0. The van der Waals surface area contributed by atoms with E-state index in [1.807, 2.05) is 12.1 Å². The molecule has 0 bridgehead atoms. The van der Waals surface area contributed by atoms with Gasteiger partial charge in [0.25, 0.3) is 0 Å². The summed E-state index contributed by atoms with van der Waals surface area (Å²) in [7, 11) is 0. The average molecular weight is 229 g/mol. The van der Waals surface area contributed by atoms with Crippen molar-refractivity contribution in [3.63, 3.8) is 0 Å². The highest BCUT2D eigenvalue weighted by atomic mass is 16.3. The summed E-state index contributed by atoms with van der Waals surface area (Å²) in [6.45, 7) is 5.19. The number of aryl methyl sites for hydroxylation is 1. The Labute approximate surface area is 103 Å². The van der Waals surface area contributed by atoms with Crippen molar-refractivity contribution in [2.45, 2.75) is 32.9 Å². The number of nitrogens with one attached hydrogen (secondary N) is 1. The normalized spacial score (nSPS) is 12.6. The van der Waals surface area contributed by atoms with Gasteiger partial charge in [-0.1, -0.05) is 31.2 Å². The van der Waals surface area contributed by atoms with Crippen LogP contribution in [-0.2, 0) is 13.0 Å². The molecule has 0 aliphatic heterocycles. The van der Waals surface area contributed by atoms with E-state index in [-0.39, 0.29) is 6.04 Å². The lowest BCUT2D eigenvalue weighted by Gasteiger charge is -2.13. The van der Waals surface area contributed by atoms with Crippen LogP contribution in [0.1, 0.15) is 36.8 Å². The van der Waals surface area contributed by atoms with E-state index in [0.717, 1.165) is 18.7 Å².